The molecule has 194 valence electrons. The lowest BCUT2D eigenvalue weighted by Gasteiger charge is -2.33. The number of tetrazole rings is 1. The van der Waals surface area contributed by atoms with Gasteiger partial charge in [0.05, 0.1) is 42.7 Å². The number of aryl methyl sites for hydroxylation is 1. The number of benzene rings is 1. The third-order valence-corrected chi connectivity index (χ3v) is 6.63. The highest BCUT2D eigenvalue weighted by Gasteiger charge is 2.47. The van der Waals surface area contributed by atoms with Crippen LogP contribution in [-0.4, -0.2) is 63.1 Å². The molecule has 1 amide bonds. The molecule has 0 radical (unpaired) electrons. The Hall–Kier alpha value is -4.52. The zero-order chi connectivity index (χ0) is 26.4. The van der Waals surface area contributed by atoms with Gasteiger partial charge in [-0.15, -0.1) is 10.2 Å². The molecule has 2 N–H and O–H groups in total. The van der Waals surface area contributed by atoms with Gasteiger partial charge in [0.1, 0.15) is 0 Å². The topological polar surface area (TPSA) is 128 Å². The fourth-order valence-corrected chi connectivity index (χ4v) is 4.45. The van der Waals surface area contributed by atoms with Crippen molar-refractivity contribution in [2.24, 2.45) is 0 Å². The molecule has 0 unspecified atom stereocenters. The summed E-state index contributed by atoms with van der Waals surface area (Å²) >= 11 is 0. The van der Waals surface area contributed by atoms with E-state index in [1.807, 2.05) is 31.3 Å². The van der Waals surface area contributed by atoms with Crippen molar-refractivity contribution in [2.75, 3.05) is 11.9 Å². The van der Waals surface area contributed by atoms with Crippen molar-refractivity contribution in [3.8, 4) is 22.5 Å². The first-order valence-corrected chi connectivity index (χ1v) is 12.0. The number of halogens is 2. The van der Waals surface area contributed by atoms with Gasteiger partial charge in [0.25, 0.3) is 11.8 Å². The molecule has 4 aromatic heterocycles. The Morgan fingerprint density at radius 3 is 2.76 bits per heavy atom. The second-order valence-corrected chi connectivity index (χ2v) is 9.35. The molecular weight excluding hydrogens is 496 g/mol. The smallest absolute Gasteiger partial charge is 0.259 e. The number of carbonyl (C=O) groups is 1. The van der Waals surface area contributed by atoms with Crippen molar-refractivity contribution < 1.29 is 18.7 Å². The van der Waals surface area contributed by atoms with Gasteiger partial charge in [-0.25, -0.2) is 13.3 Å². The summed E-state index contributed by atoms with van der Waals surface area (Å²) < 4.78 is 29.7. The average molecular weight is 520 g/mol. The summed E-state index contributed by atoms with van der Waals surface area (Å²) in [7, 11) is 0. The molecule has 11 nitrogen and oxygen atoms in total. The predicted octanol–water partition coefficient (Wildman–Crippen LogP) is 3.37. The third kappa shape index (κ3) is 4.41. The van der Waals surface area contributed by atoms with Gasteiger partial charge in [0.15, 0.2) is 0 Å². The van der Waals surface area contributed by atoms with Crippen molar-refractivity contribution in [3.63, 3.8) is 0 Å². The van der Waals surface area contributed by atoms with Crippen LogP contribution in [0.25, 0.3) is 28.0 Å². The normalized spacial score (nSPS) is 15.1. The van der Waals surface area contributed by atoms with Crippen LogP contribution >= 0.6 is 0 Å². The largest absolute Gasteiger partial charge is 0.394 e. The average Bonchev–Trinajstić information content (AvgIpc) is 3.63. The molecule has 1 fully saturated rings. The minimum atomic E-state index is -2.68. The second kappa shape index (κ2) is 9.10. The zero-order valence-corrected chi connectivity index (χ0v) is 20.3. The Balaban J connectivity index is 1.24. The molecule has 0 spiro atoms. The van der Waals surface area contributed by atoms with Crippen LogP contribution < -0.4 is 5.32 Å². The van der Waals surface area contributed by atoms with E-state index in [0.29, 0.717) is 28.9 Å². The van der Waals surface area contributed by atoms with Gasteiger partial charge in [-0.3, -0.25) is 9.48 Å². The van der Waals surface area contributed by atoms with Crippen molar-refractivity contribution in [3.05, 3.63) is 66.2 Å². The number of pyridine rings is 1. The summed E-state index contributed by atoms with van der Waals surface area (Å²) in [6.45, 7) is 2.24. The molecule has 0 atom stereocenters. The number of amides is 1. The van der Waals surface area contributed by atoms with Gasteiger partial charge >= 0.3 is 0 Å². The van der Waals surface area contributed by atoms with E-state index in [9.17, 15) is 13.6 Å². The number of aromatic nitrogens is 8. The van der Waals surface area contributed by atoms with E-state index in [2.05, 4.69) is 30.9 Å². The number of aliphatic hydroxyl groups is 1. The number of nitrogens with zero attached hydrogens (tertiary/aromatic N) is 8. The van der Waals surface area contributed by atoms with Crippen LogP contribution in [0.1, 0.15) is 34.8 Å². The molecule has 0 aliphatic heterocycles. The van der Waals surface area contributed by atoms with Crippen LogP contribution in [0.5, 0.6) is 0 Å². The lowest BCUT2D eigenvalue weighted by Crippen LogP contribution is -2.38. The Kier molecular flexibility index (Phi) is 5.71. The number of hydrogen-bond donors (Lipinski definition) is 2. The number of anilines is 1. The lowest BCUT2D eigenvalue weighted by molar-refractivity contribution is -0.110. The van der Waals surface area contributed by atoms with E-state index in [1.54, 1.807) is 33.7 Å². The number of nitrogens with one attached hydrogen (secondary N) is 1. The standard InChI is InChI=1S/C25H23F2N9O2/c1-15-2-3-17(23-31-33-36(32-23)19-10-25(26,27)11-19)8-21(15)30-24(38)20-13-29-35-5-4-16(9-22(20)35)18-12-28-34(14-18)6-7-37/h2-5,8-9,12-14,19,37H,6-7,10-11H2,1H3,(H,30,38). The number of aliphatic hydroxyl groups excluding tert-OH is 1. The summed E-state index contributed by atoms with van der Waals surface area (Å²) in [6, 6.07) is 8.61. The molecule has 1 aliphatic carbocycles. The molecule has 1 saturated carbocycles. The van der Waals surface area contributed by atoms with Crippen LogP contribution in [0, 0.1) is 6.92 Å². The fourth-order valence-electron chi connectivity index (χ4n) is 4.45. The van der Waals surface area contributed by atoms with Gasteiger partial charge in [-0.1, -0.05) is 12.1 Å². The molecule has 38 heavy (non-hydrogen) atoms. The Morgan fingerprint density at radius 2 is 1.97 bits per heavy atom. The Bertz CT molecular complexity index is 1650. The van der Waals surface area contributed by atoms with Crippen LogP contribution in [0.4, 0.5) is 14.5 Å². The monoisotopic (exact) mass is 519 g/mol. The number of alkyl halides is 2. The van der Waals surface area contributed by atoms with Gasteiger partial charge in [-0.05, 0) is 41.5 Å². The van der Waals surface area contributed by atoms with Crippen LogP contribution in [0.15, 0.2) is 55.1 Å². The summed E-state index contributed by atoms with van der Waals surface area (Å²) in [5.41, 5.74) is 4.68. The maximum Gasteiger partial charge on any atom is 0.259 e. The molecule has 0 saturated heterocycles. The maximum atomic E-state index is 13.3. The van der Waals surface area contributed by atoms with E-state index in [1.165, 1.54) is 11.0 Å². The van der Waals surface area contributed by atoms with Crippen molar-refractivity contribution in [1.29, 1.82) is 0 Å². The van der Waals surface area contributed by atoms with Gasteiger partial charge in [0, 0.05) is 42.0 Å². The number of carbonyl (C=O) groups excluding carboxylic acids is 1. The minimum absolute atomic E-state index is 0.0123. The van der Waals surface area contributed by atoms with Crippen molar-refractivity contribution in [1.82, 2.24) is 39.6 Å². The van der Waals surface area contributed by atoms with E-state index in [-0.39, 0.29) is 31.2 Å². The molecule has 5 aromatic rings. The molecule has 1 aliphatic rings. The SMILES string of the molecule is Cc1ccc(-c2nnn(C3CC(F)(F)C3)n2)cc1NC(=O)c1cnn2ccc(-c3cnn(CCO)c3)cc12. The molecule has 13 heteroatoms. The molecule has 6 rings (SSSR count). The Labute approximate surface area is 214 Å². The van der Waals surface area contributed by atoms with Gasteiger partial charge in [0.2, 0.25) is 5.82 Å². The fraction of sp³-hybridized carbons (Fsp3) is 0.280. The molecule has 1 aromatic carbocycles. The Morgan fingerprint density at radius 1 is 1.13 bits per heavy atom. The van der Waals surface area contributed by atoms with Gasteiger partial charge < -0.3 is 10.4 Å². The third-order valence-electron chi connectivity index (χ3n) is 6.63. The maximum absolute atomic E-state index is 13.3. The summed E-state index contributed by atoms with van der Waals surface area (Å²) in [5, 5.41) is 32.8. The van der Waals surface area contributed by atoms with Crippen LogP contribution in [-0.2, 0) is 6.54 Å². The molecule has 4 heterocycles. The highest BCUT2D eigenvalue weighted by Crippen LogP contribution is 2.44. The zero-order valence-electron chi connectivity index (χ0n) is 20.3. The highest BCUT2D eigenvalue weighted by atomic mass is 19.3. The summed E-state index contributed by atoms with van der Waals surface area (Å²) in [6.07, 6.45) is 6.20. The summed E-state index contributed by atoms with van der Waals surface area (Å²) in [5.74, 6) is -2.74. The first kappa shape index (κ1) is 23.9. The number of hydrogen-bond acceptors (Lipinski definition) is 7. The number of fused-ring (bicyclic) bond motifs is 1. The van der Waals surface area contributed by atoms with E-state index in [4.69, 9.17) is 5.11 Å². The van der Waals surface area contributed by atoms with E-state index in [0.717, 1.165) is 16.7 Å². The lowest BCUT2D eigenvalue weighted by atomic mass is 9.89. The van der Waals surface area contributed by atoms with E-state index >= 15 is 0 Å². The number of rotatable bonds is 7. The van der Waals surface area contributed by atoms with Crippen LogP contribution in [0.3, 0.4) is 0 Å². The van der Waals surface area contributed by atoms with Gasteiger partial charge in [-0.2, -0.15) is 15.0 Å². The molecule has 0 bridgehead atoms. The highest BCUT2D eigenvalue weighted by molar-refractivity contribution is 6.09. The first-order chi connectivity index (χ1) is 18.3. The van der Waals surface area contributed by atoms with Crippen LogP contribution in [0.2, 0.25) is 0 Å². The molecular formula is C25H23F2N9O2. The quantitative estimate of drug-likeness (QED) is 0.337. The summed E-state index contributed by atoms with van der Waals surface area (Å²) in [4.78, 5) is 14.5. The van der Waals surface area contributed by atoms with E-state index < -0.39 is 12.0 Å². The second-order valence-electron chi connectivity index (χ2n) is 9.35. The predicted molar refractivity (Wildman–Crippen MR) is 133 cm³/mol. The minimum Gasteiger partial charge on any atom is -0.394 e. The first-order valence-electron chi connectivity index (χ1n) is 12.0. The van der Waals surface area contributed by atoms with Crippen molar-refractivity contribution in [2.45, 2.75) is 38.3 Å². The van der Waals surface area contributed by atoms with Crippen molar-refractivity contribution >= 4 is 17.1 Å².